The van der Waals surface area contributed by atoms with Gasteiger partial charge in [0.2, 0.25) is 10.0 Å². The SMILES string of the molecule is C=CCCCN(C)C(=O)c1cccc(S(=O)(=O)N2CCOCC2)c1. The molecule has 1 amide bonds. The Hall–Kier alpha value is -1.70. The maximum absolute atomic E-state index is 12.7. The molecule has 1 fully saturated rings. The van der Waals surface area contributed by atoms with Gasteiger partial charge in [-0.3, -0.25) is 4.79 Å². The Morgan fingerprint density at radius 3 is 2.75 bits per heavy atom. The van der Waals surface area contributed by atoms with Gasteiger partial charge < -0.3 is 9.64 Å². The van der Waals surface area contributed by atoms with Crippen molar-refractivity contribution in [2.45, 2.75) is 17.7 Å². The summed E-state index contributed by atoms with van der Waals surface area (Å²) in [5, 5.41) is 0. The van der Waals surface area contributed by atoms with E-state index in [-0.39, 0.29) is 10.8 Å². The zero-order chi connectivity index (χ0) is 17.6. The van der Waals surface area contributed by atoms with Crippen LogP contribution in [0.5, 0.6) is 0 Å². The predicted octanol–water partition coefficient (Wildman–Crippen LogP) is 1.75. The Labute approximate surface area is 143 Å². The molecule has 0 N–H and O–H groups in total. The summed E-state index contributed by atoms with van der Waals surface area (Å²) in [6.45, 7) is 5.72. The quantitative estimate of drug-likeness (QED) is 0.554. The molecule has 0 atom stereocenters. The molecule has 2 rings (SSSR count). The lowest BCUT2D eigenvalue weighted by atomic mass is 10.2. The van der Waals surface area contributed by atoms with Crippen LogP contribution < -0.4 is 0 Å². The molecule has 1 heterocycles. The lowest BCUT2D eigenvalue weighted by Crippen LogP contribution is -2.40. The molecular formula is C17H24N2O4S. The number of carbonyl (C=O) groups excluding carboxylic acids is 1. The van der Waals surface area contributed by atoms with Crippen LogP contribution in [0.2, 0.25) is 0 Å². The Morgan fingerprint density at radius 1 is 1.38 bits per heavy atom. The standard InChI is InChI=1S/C17H24N2O4S/c1-3-4-5-9-18(2)17(20)15-7-6-8-16(14-15)24(21,22)19-10-12-23-13-11-19/h3,6-8,14H,1,4-5,9-13H2,2H3. The van der Waals surface area contributed by atoms with Gasteiger partial charge in [-0.1, -0.05) is 12.1 Å². The molecule has 1 aliphatic heterocycles. The van der Waals surface area contributed by atoms with Crippen molar-refractivity contribution in [1.82, 2.24) is 9.21 Å². The smallest absolute Gasteiger partial charge is 0.253 e. The Kier molecular flexibility index (Phi) is 6.53. The molecule has 0 unspecified atom stereocenters. The number of benzene rings is 1. The second kappa shape index (κ2) is 8.41. The number of unbranched alkanes of at least 4 members (excludes halogenated alkanes) is 1. The molecule has 0 saturated carbocycles. The van der Waals surface area contributed by atoms with E-state index in [0.29, 0.717) is 38.4 Å². The molecule has 0 spiro atoms. The zero-order valence-electron chi connectivity index (χ0n) is 14.0. The summed E-state index contributed by atoms with van der Waals surface area (Å²) in [5.41, 5.74) is 0.380. The third-order valence-electron chi connectivity index (χ3n) is 3.94. The van der Waals surface area contributed by atoms with Crippen LogP contribution in [-0.2, 0) is 14.8 Å². The fraction of sp³-hybridized carbons (Fsp3) is 0.471. The summed E-state index contributed by atoms with van der Waals surface area (Å²) < 4.78 is 31.9. The van der Waals surface area contributed by atoms with E-state index >= 15 is 0 Å². The highest BCUT2D eigenvalue weighted by Crippen LogP contribution is 2.19. The number of amides is 1. The second-order valence-corrected chi connectivity index (χ2v) is 7.64. The van der Waals surface area contributed by atoms with Crippen molar-refractivity contribution in [3.63, 3.8) is 0 Å². The Bertz CT molecular complexity index is 682. The van der Waals surface area contributed by atoms with E-state index in [0.717, 1.165) is 12.8 Å². The number of ether oxygens (including phenoxy) is 1. The summed E-state index contributed by atoms with van der Waals surface area (Å²) in [4.78, 5) is 14.2. The molecular weight excluding hydrogens is 328 g/mol. The number of morpholine rings is 1. The highest BCUT2D eigenvalue weighted by atomic mass is 32.2. The van der Waals surface area contributed by atoms with E-state index in [1.807, 2.05) is 6.08 Å². The van der Waals surface area contributed by atoms with Gasteiger partial charge in [-0.05, 0) is 31.0 Å². The minimum atomic E-state index is -3.60. The molecule has 1 saturated heterocycles. The molecule has 6 nitrogen and oxygen atoms in total. The summed E-state index contributed by atoms with van der Waals surface area (Å²) in [6, 6.07) is 6.24. The first-order valence-electron chi connectivity index (χ1n) is 8.01. The summed E-state index contributed by atoms with van der Waals surface area (Å²) in [7, 11) is -1.88. The van der Waals surface area contributed by atoms with Crippen LogP contribution >= 0.6 is 0 Å². The lowest BCUT2D eigenvalue weighted by molar-refractivity contribution is 0.0730. The monoisotopic (exact) mass is 352 g/mol. The molecule has 132 valence electrons. The van der Waals surface area contributed by atoms with E-state index in [9.17, 15) is 13.2 Å². The topological polar surface area (TPSA) is 66.9 Å². The predicted molar refractivity (Wildman–Crippen MR) is 92.4 cm³/mol. The normalized spacial score (nSPS) is 15.9. The van der Waals surface area contributed by atoms with Crippen molar-refractivity contribution in [2.75, 3.05) is 39.9 Å². The molecule has 0 aromatic heterocycles. The van der Waals surface area contributed by atoms with E-state index in [1.54, 1.807) is 24.1 Å². The fourth-order valence-electron chi connectivity index (χ4n) is 2.52. The van der Waals surface area contributed by atoms with Crippen LogP contribution in [0.3, 0.4) is 0 Å². The van der Waals surface area contributed by atoms with Gasteiger partial charge in [-0.25, -0.2) is 8.42 Å². The highest BCUT2D eigenvalue weighted by molar-refractivity contribution is 7.89. The first kappa shape index (κ1) is 18.6. The first-order chi connectivity index (χ1) is 11.5. The van der Waals surface area contributed by atoms with E-state index in [4.69, 9.17) is 4.74 Å². The minimum absolute atomic E-state index is 0.148. The van der Waals surface area contributed by atoms with Crippen LogP contribution in [0.15, 0.2) is 41.8 Å². The van der Waals surface area contributed by atoms with Crippen molar-refractivity contribution in [2.24, 2.45) is 0 Å². The van der Waals surface area contributed by atoms with Crippen LogP contribution in [-0.4, -0.2) is 63.4 Å². The highest BCUT2D eigenvalue weighted by Gasteiger charge is 2.27. The van der Waals surface area contributed by atoms with Crippen molar-refractivity contribution in [3.05, 3.63) is 42.5 Å². The van der Waals surface area contributed by atoms with Crippen molar-refractivity contribution in [1.29, 1.82) is 0 Å². The van der Waals surface area contributed by atoms with Gasteiger partial charge in [0, 0.05) is 32.2 Å². The summed E-state index contributed by atoms with van der Waals surface area (Å²) >= 11 is 0. The van der Waals surface area contributed by atoms with Crippen molar-refractivity contribution < 1.29 is 17.9 Å². The number of rotatable bonds is 7. The first-order valence-corrected chi connectivity index (χ1v) is 9.45. The van der Waals surface area contributed by atoms with Crippen molar-refractivity contribution in [3.8, 4) is 0 Å². The minimum Gasteiger partial charge on any atom is -0.379 e. The van der Waals surface area contributed by atoms with Gasteiger partial charge >= 0.3 is 0 Å². The van der Waals surface area contributed by atoms with Crippen LogP contribution in [0.1, 0.15) is 23.2 Å². The molecule has 1 aromatic carbocycles. The second-order valence-electron chi connectivity index (χ2n) is 5.70. The molecule has 0 radical (unpaired) electrons. The maximum atomic E-state index is 12.7. The van der Waals surface area contributed by atoms with Gasteiger partial charge in [0.25, 0.3) is 5.91 Å². The zero-order valence-corrected chi connectivity index (χ0v) is 14.8. The summed E-state index contributed by atoms with van der Waals surface area (Å²) in [5.74, 6) is -0.182. The summed E-state index contributed by atoms with van der Waals surface area (Å²) in [6.07, 6.45) is 3.48. The molecule has 0 aliphatic carbocycles. The average molecular weight is 352 g/mol. The number of carbonyl (C=O) groups is 1. The van der Waals surface area contributed by atoms with Gasteiger partial charge in [0.1, 0.15) is 0 Å². The Morgan fingerprint density at radius 2 is 2.08 bits per heavy atom. The number of sulfonamides is 1. The molecule has 7 heteroatoms. The van der Waals surface area contributed by atoms with Crippen molar-refractivity contribution >= 4 is 15.9 Å². The fourth-order valence-corrected chi connectivity index (χ4v) is 3.97. The maximum Gasteiger partial charge on any atom is 0.253 e. The molecule has 24 heavy (non-hydrogen) atoms. The molecule has 0 bridgehead atoms. The van der Waals surface area contributed by atoms with E-state index in [1.165, 1.54) is 16.4 Å². The molecule has 1 aliphatic rings. The third-order valence-corrected chi connectivity index (χ3v) is 5.83. The van der Waals surface area contributed by atoms with E-state index < -0.39 is 10.0 Å². The number of allylic oxidation sites excluding steroid dienone is 1. The van der Waals surface area contributed by atoms with Gasteiger partial charge in [-0.15, -0.1) is 6.58 Å². The van der Waals surface area contributed by atoms with E-state index in [2.05, 4.69) is 6.58 Å². The van der Waals surface area contributed by atoms with Crippen LogP contribution in [0.4, 0.5) is 0 Å². The number of hydrogen-bond acceptors (Lipinski definition) is 4. The van der Waals surface area contributed by atoms with Crippen LogP contribution in [0.25, 0.3) is 0 Å². The molecule has 1 aromatic rings. The van der Waals surface area contributed by atoms with Gasteiger partial charge in [0.05, 0.1) is 18.1 Å². The lowest BCUT2D eigenvalue weighted by Gasteiger charge is -2.26. The average Bonchev–Trinajstić information content (AvgIpc) is 2.62. The van der Waals surface area contributed by atoms with Gasteiger partial charge in [0.15, 0.2) is 0 Å². The largest absolute Gasteiger partial charge is 0.379 e. The van der Waals surface area contributed by atoms with Gasteiger partial charge in [-0.2, -0.15) is 4.31 Å². The Balaban J connectivity index is 2.15. The third kappa shape index (κ3) is 4.43. The number of hydrogen-bond donors (Lipinski definition) is 0. The number of nitrogens with zero attached hydrogens (tertiary/aromatic N) is 2. The van der Waals surface area contributed by atoms with Crippen LogP contribution in [0, 0.1) is 0 Å².